The molecule has 0 bridgehead atoms. The quantitative estimate of drug-likeness (QED) is 0.0905. The van der Waals surface area contributed by atoms with Gasteiger partial charge in [0, 0.05) is 0 Å². The van der Waals surface area contributed by atoms with E-state index in [0.29, 0.717) is 0 Å². The summed E-state index contributed by atoms with van der Waals surface area (Å²) in [7, 11) is 0. The number of aryl methyl sites for hydroxylation is 2. The molecule has 41 heavy (non-hydrogen) atoms. The standard InChI is InChI=1S/C41H70/c1-4-6-8-10-12-14-16-18-19-21-23-25-27-29-35-41-39(37(3)36-38-32-30-31-34-40(38)41)33-28-26-24-22-20-17-15-13-11-9-7-5-2/h30-32,34,36H,4-29,33,35H2,1-3H3. The van der Waals surface area contributed by atoms with Crippen molar-refractivity contribution in [1.29, 1.82) is 0 Å². The van der Waals surface area contributed by atoms with Crippen molar-refractivity contribution in [3.63, 3.8) is 0 Å². The highest BCUT2D eigenvalue weighted by atomic mass is 14.2. The van der Waals surface area contributed by atoms with Crippen molar-refractivity contribution in [3.05, 3.63) is 47.0 Å². The molecule has 0 nitrogen and oxygen atoms in total. The maximum Gasteiger partial charge on any atom is -0.0149 e. The first kappa shape index (κ1) is 35.9. The summed E-state index contributed by atoms with van der Waals surface area (Å²) in [6.07, 6.45) is 39.8. The second-order valence-corrected chi connectivity index (χ2v) is 13.4. The molecule has 0 radical (unpaired) electrons. The van der Waals surface area contributed by atoms with E-state index < -0.39 is 0 Å². The number of benzene rings is 2. The van der Waals surface area contributed by atoms with Gasteiger partial charge in [-0.2, -0.15) is 0 Å². The SMILES string of the molecule is CCCCCCCCCCCCCCCCc1c(CCCCCCCCCCCCCC)c(C)cc2ccccc12. The van der Waals surface area contributed by atoms with Crippen LogP contribution in [0.1, 0.15) is 197 Å². The van der Waals surface area contributed by atoms with Crippen molar-refractivity contribution < 1.29 is 0 Å². The van der Waals surface area contributed by atoms with Gasteiger partial charge in [-0.25, -0.2) is 0 Å². The Morgan fingerprint density at radius 3 is 1.15 bits per heavy atom. The summed E-state index contributed by atoms with van der Waals surface area (Å²) in [5, 5.41) is 2.98. The van der Waals surface area contributed by atoms with Crippen LogP contribution in [0.25, 0.3) is 10.8 Å². The van der Waals surface area contributed by atoms with Crippen molar-refractivity contribution in [2.45, 2.75) is 201 Å². The first-order chi connectivity index (χ1) is 20.3. The van der Waals surface area contributed by atoms with Crippen LogP contribution in [-0.4, -0.2) is 0 Å². The lowest BCUT2D eigenvalue weighted by Gasteiger charge is -2.17. The zero-order valence-corrected chi connectivity index (χ0v) is 28.2. The number of hydrogen-bond donors (Lipinski definition) is 0. The Labute approximate surface area is 257 Å². The maximum absolute atomic E-state index is 2.46. The summed E-state index contributed by atoms with van der Waals surface area (Å²) in [5.41, 5.74) is 4.90. The van der Waals surface area contributed by atoms with E-state index in [1.54, 1.807) is 11.1 Å². The van der Waals surface area contributed by atoms with Crippen LogP contribution < -0.4 is 0 Å². The van der Waals surface area contributed by atoms with Gasteiger partial charge in [0.1, 0.15) is 0 Å². The molecule has 0 saturated carbocycles. The molecule has 0 spiro atoms. The third-order valence-electron chi connectivity index (χ3n) is 9.56. The van der Waals surface area contributed by atoms with Crippen molar-refractivity contribution >= 4 is 10.8 Å². The van der Waals surface area contributed by atoms with Gasteiger partial charge in [-0.3, -0.25) is 0 Å². The molecule has 2 rings (SSSR count). The Kier molecular flexibility index (Phi) is 22.1. The highest BCUT2D eigenvalue weighted by Crippen LogP contribution is 2.29. The van der Waals surface area contributed by atoms with Gasteiger partial charge in [0.2, 0.25) is 0 Å². The van der Waals surface area contributed by atoms with E-state index >= 15 is 0 Å². The van der Waals surface area contributed by atoms with Gasteiger partial charge < -0.3 is 0 Å². The van der Waals surface area contributed by atoms with E-state index in [1.807, 2.05) is 0 Å². The van der Waals surface area contributed by atoms with Crippen LogP contribution in [-0.2, 0) is 12.8 Å². The van der Waals surface area contributed by atoms with Gasteiger partial charge in [0.15, 0.2) is 0 Å². The molecule has 0 saturated heterocycles. The van der Waals surface area contributed by atoms with Crippen LogP contribution >= 0.6 is 0 Å². The zero-order chi connectivity index (χ0) is 29.2. The van der Waals surface area contributed by atoms with Crippen LogP contribution in [0.4, 0.5) is 0 Å². The summed E-state index contributed by atoms with van der Waals surface area (Å²) in [4.78, 5) is 0. The number of rotatable bonds is 28. The van der Waals surface area contributed by atoms with Gasteiger partial charge in [-0.15, -0.1) is 0 Å². The molecular formula is C41H70. The van der Waals surface area contributed by atoms with Crippen molar-refractivity contribution in [1.82, 2.24) is 0 Å². The van der Waals surface area contributed by atoms with E-state index in [0.717, 1.165) is 0 Å². The average Bonchev–Trinajstić information content (AvgIpc) is 2.98. The minimum atomic E-state index is 1.27. The topological polar surface area (TPSA) is 0 Å². The minimum absolute atomic E-state index is 1.27. The Bertz CT molecular complexity index is 862. The first-order valence-electron chi connectivity index (χ1n) is 18.8. The second-order valence-electron chi connectivity index (χ2n) is 13.4. The molecule has 0 heteroatoms. The summed E-state index contributed by atoms with van der Waals surface area (Å²) < 4.78 is 0. The second kappa shape index (κ2) is 25.2. The zero-order valence-electron chi connectivity index (χ0n) is 28.2. The van der Waals surface area contributed by atoms with Crippen LogP contribution in [0.2, 0.25) is 0 Å². The Morgan fingerprint density at radius 1 is 0.390 bits per heavy atom. The molecule has 0 aliphatic rings. The van der Waals surface area contributed by atoms with E-state index in [4.69, 9.17) is 0 Å². The smallest absolute Gasteiger partial charge is 0.0149 e. The highest BCUT2D eigenvalue weighted by molar-refractivity contribution is 5.87. The Morgan fingerprint density at radius 2 is 0.732 bits per heavy atom. The van der Waals surface area contributed by atoms with Crippen LogP contribution in [0.3, 0.4) is 0 Å². The van der Waals surface area contributed by atoms with Crippen LogP contribution in [0, 0.1) is 6.92 Å². The molecule has 0 atom stereocenters. The fourth-order valence-corrected chi connectivity index (χ4v) is 6.89. The Balaban J connectivity index is 1.63. The number of fused-ring (bicyclic) bond motifs is 1. The number of unbranched alkanes of at least 4 members (excludes halogenated alkanes) is 24. The summed E-state index contributed by atoms with van der Waals surface area (Å²) >= 11 is 0. The monoisotopic (exact) mass is 563 g/mol. The molecule has 2 aromatic rings. The van der Waals surface area contributed by atoms with E-state index in [9.17, 15) is 0 Å². The molecule has 2 aromatic carbocycles. The molecule has 0 N–H and O–H groups in total. The summed E-state index contributed by atoms with van der Waals surface area (Å²) in [6, 6.07) is 11.6. The van der Waals surface area contributed by atoms with Gasteiger partial charge in [0.25, 0.3) is 0 Å². The normalized spacial score (nSPS) is 11.6. The van der Waals surface area contributed by atoms with E-state index in [1.165, 1.54) is 196 Å². The van der Waals surface area contributed by atoms with E-state index in [-0.39, 0.29) is 0 Å². The molecule has 0 heterocycles. The fraction of sp³-hybridized carbons (Fsp3) is 0.756. The van der Waals surface area contributed by atoms with Gasteiger partial charge in [-0.05, 0) is 60.1 Å². The Hall–Kier alpha value is -1.30. The van der Waals surface area contributed by atoms with E-state index in [2.05, 4.69) is 51.1 Å². The van der Waals surface area contributed by atoms with Crippen molar-refractivity contribution in [3.8, 4) is 0 Å². The van der Waals surface area contributed by atoms with Crippen LogP contribution in [0.5, 0.6) is 0 Å². The first-order valence-corrected chi connectivity index (χ1v) is 18.8. The third-order valence-corrected chi connectivity index (χ3v) is 9.56. The van der Waals surface area contributed by atoms with Gasteiger partial charge in [0.05, 0.1) is 0 Å². The molecular weight excluding hydrogens is 492 g/mol. The summed E-state index contributed by atoms with van der Waals surface area (Å²) in [5.74, 6) is 0. The molecule has 0 aromatic heterocycles. The van der Waals surface area contributed by atoms with Crippen LogP contribution in [0.15, 0.2) is 30.3 Å². The predicted molar refractivity (Wildman–Crippen MR) is 187 cm³/mol. The number of hydrogen-bond acceptors (Lipinski definition) is 0. The van der Waals surface area contributed by atoms with Gasteiger partial charge >= 0.3 is 0 Å². The lowest BCUT2D eigenvalue weighted by Crippen LogP contribution is -2.01. The molecule has 0 unspecified atom stereocenters. The van der Waals surface area contributed by atoms with Crippen molar-refractivity contribution in [2.24, 2.45) is 0 Å². The minimum Gasteiger partial charge on any atom is -0.0654 e. The molecule has 0 amide bonds. The average molecular weight is 563 g/mol. The molecule has 0 aliphatic carbocycles. The highest BCUT2D eigenvalue weighted by Gasteiger charge is 2.11. The summed E-state index contributed by atoms with van der Waals surface area (Å²) in [6.45, 7) is 6.99. The van der Waals surface area contributed by atoms with Gasteiger partial charge in [-0.1, -0.05) is 198 Å². The fourth-order valence-electron chi connectivity index (χ4n) is 6.89. The molecule has 0 fully saturated rings. The molecule has 0 aliphatic heterocycles. The third kappa shape index (κ3) is 16.8. The largest absolute Gasteiger partial charge is 0.0654 e. The predicted octanol–water partition coefficient (Wildman–Crippen LogP) is 14.4. The van der Waals surface area contributed by atoms with Crippen molar-refractivity contribution in [2.75, 3.05) is 0 Å². The molecule has 234 valence electrons. The lowest BCUT2D eigenvalue weighted by molar-refractivity contribution is 0.535. The lowest BCUT2D eigenvalue weighted by atomic mass is 9.88. The maximum atomic E-state index is 2.46.